The summed E-state index contributed by atoms with van der Waals surface area (Å²) in [5, 5.41) is -6.84. The van der Waals surface area contributed by atoms with Gasteiger partial charge in [0.15, 0.2) is 15.2 Å². The van der Waals surface area contributed by atoms with Crippen LogP contribution in [-0.4, -0.2) is 31.3 Å². The second-order valence-corrected chi connectivity index (χ2v) is 17.8. The van der Waals surface area contributed by atoms with Crippen molar-refractivity contribution < 1.29 is 18.1 Å². The summed E-state index contributed by atoms with van der Waals surface area (Å²) in [5.74, 6) is 0. The summed E-state index contributed by atoms with van der Waals surface area (Å²) >= 11 is 40.9. The highest BCUT2D eigenvalue weighted by molar-refractivity contribution is 7.48. The molecule has 0 saturated carbocycles. The van der Waals surface area contributed by atoms with Crippen LogP contribution in [-0.2, 0) is 18.1 Å². The van der Waals surface area contributed by atoms with Crippen molar-refractivity contribution in [3.8, 4) is 0 Å². The molecular weight excluding hydrogens is 704 g/mol. The van der Waals surface area contributed by atoms with Gasteiger partial charge in [0.05, 0.1) is 16.1 Å². The Morgan fingerprint density at radius 3 is 0.864 bits per heavy atom. The molecule has 0 aromatic rings. The number of rotatable bonds is 30. The zero-order valence-corrected chi connectivity index (χ0v) is 33.9. The van der Waals surface area contributed by atoms with E-state index in [-0.39, 0.29) is 0 Å². The van der Waals surface area contributed by atoms with Crippen molar-refractivity contribution in [3.05, 3.63) is 0 Å². The van der Waals surface area contributed by atoms with Gasteiger partial charge in [-0.3, -0.25) is 13.6 Å². The third-order valence-corrected chi connectivity index (χ3v) is 13.3. The van der Waals surface area contributed by atoms with E-state index in [9.17, 15) is 4.57 Å². The van der Waals surface area contributed by atoms with E-state index < -0.39 is 39.1 Å². The quantitative estimate of drug-likeness (QED) is 0.0415. The van der Waals surface area contributed by atoms with Gasteiger partial charge in [0.1, 0.15) is 0 Å². The van der Waals surface area contributed by atoms with Gasteiger partial charge >= 0.3 is 7.82 Å². The molecule has 0 aliphatic heterocycles. The molecular formula is C33H63Cl6O4P. The standard InChI is InChI=1S/C33H63Cl6O4P/c1-7-10-13-16-19-22-25-31(37,28(4)34)41-44(40,42-32(38,29(5)35)26-23-20-17-14-11-8-2)43-33(39,30(6)36)27-24-21-18-15-12-9-3/h28-30H,7-27H2,1-6H3. The summed E-state index contributed by atoms with van der Waals surface area (Å²) in [6.07, 6.45) is 19.8. The van der Waals surface area contributed by atoms with E-state index >= 15 is 0 Å². The van der Waals surface area contributed by atoms with Gasteiger partial charge in [-0.25, -0.2) is 4.57 Å². The number of hydrogen-bond acceptors (Lipinski definition) is 4. The smallest absolute Gasteiger partial charge is 0.262 e. The highest BCUT2D eigenvalue weighted by Crippen LogP contribution is 2.64. The average Bonchev–Trinajstić information content (AvgIpc) is 2.93. The van der Waals surface area contributed by atoms with E-state index in [2.05, 4.69) is 20.8 Å². The van der Waals surface area contributed by atoms with E-state index in [0.29, 0.717) is 19.3 Å². The SMILES string of the molecule is CCCCCCCCC(Cl)(OP(=O)(OC(Cl)(CCCCCCCC)C(C)Cl)OC(Cl)(CCCCCCCC)C(C)Cl)C(C)Cl. The van der Waals surface area contributed by atoms with Crippen molar-refractivity contribution in [3.63, 3.8) is 0 Å². The summed E-state index contributed by atoms with van der Waals surface area (Å²) in [4.78, 5) is 0. The molecule has 11 heteroatoms. The highest BCUT2D eigenvalue weighted by Gasteiger charge is 2.53. The predicted octanol–water partition coefficient (Wildman–Crippen LogP) is 15.1. The third-order valence-electron chi connectivity index (χ3n) is 8.19. The molecule has 44 heavy (non-hydrogen) atoms. The van der Waals surface area contributed by atoms with E-state index in [4.69, 9.17) is 83.2 Å². The Morgan fingerprint density at radius 1 is 0.455 bits per heavy atom. The summed E-state index contributed by atoms with van der Waals surface area (Å²) < 4.78 is 33.4. The number of alkyl halides is 6. The number of hydrogen-bond donors (Lipinski definition) is 0. The number of phosphoric acid groups is 1. The van der Waals surface area contributed by atoms with Crippen molar-refractivity contribution in [1.82, 2.24) is 0 Å². The van der Waals surface area contributed by atoms with Crippen LogP contribution in [0.2, 0.25) is 0 Å². The molecule has 0 N–H and O–H groups in total. The first kappa shape index (κ1) is 45.9. The van der Waals surface area contributed by atoms with Gasteiger partial charge in [0, 0.05) is 0 Å². The Balaban J connectivity index is 6.12. The first-order valence-electron chi connectivity index (χ1n) is 17.3. The first-order valence-corrected chi connectivity index (χ1v) is 21.2. The third kappa shape index (κ3) is 19.1. The molecule has 0 fully saturated rings. The Hall–Kier alpha value is 1.85. The van der Waals surface area contributed by atoms with Gasteiger partial charge in [0.25, 0.3) is 0 Å². The van der Waals surface area contributed by atoms with Gasteiger partial charge in [-0.15, -0.1) is 34.8 Å². The van der Waals surface area contributed by atoms with Crippen LogP contribution in [0.15, 0.2) is 0 Å². The summed E-state index contributed by atoms with van der Waals surface area (Å²) in [5.41, 5.74) is 0. The van der Waals surface area contributed by atoms with Crippen LogP contribution in [0.5, 0.6) is 0 Å². The molecule has 0 radical (unpaired) electrons. The molecule has 0 amide bonds. The number of phosphoric ester groups is 1. The molecule has 6 unspecified atom stereocenters. The molecule has 0 aliphatic rings. The number of halogens is 6. The van der Waals surface area contributed by atoms with Gasteiger partial charge in [0.2, 0.25) is 0 Å². The topological polar surface area (TPSA) is 44.8 Å². The molecule has 0 aromatic carbocycles. The molecule has 4 nitrogen and oxygen atoms in total. The Morgan fingerprint density at radius 2 is 0.659 bits per heavy atom. The van der Waals surface area contributed by atoms with Gasteiger partial charge in [-0.05, 0) is 59.3 Å². The van der Waals surface area contributed by atoms with E-state index in [1.165, 1.54) is 19.3 Å². The lowest BCUT2D eigenvalue weighted by atomic mass is 10.1. The predicted molar refractivity (Wildman–Crippen MR) is 197 cm³/mol. The fourth-order valence-electron chi connectivity index (χ4n) is 5.00. The van der Waals surface area contributed by atoms with Crippen molar-refractivity contribution in [1.29, 1.82) is 0 Å². The van der Waals surface area contributed by atoms with Crippen LogP contribution in [0, 0.1) is 0 Å². The van der Waals surface area contributed by atoms with Crippen LogP contribution in [0.4, 0.5) is 0 Å². The first-order chi connectivity index (χ1) is 20.6. The van der Waals surface area contributed by atoms with Crippen LogP contribution >= 0.6 is 77.4 Å². The van der Waals surface area contributed by atoms with Crippen molar-refractivity contribution in [2.24, 2.45) is 0 Å². The van der Waals surface area contributed by atoms with Crippen LogP contribution in [0.3, 0.4) is 0 Å². The van der Waals surface area contributed by atoms with Crippen molar-refractivity contribution in [2.75, 3.05) is 0 Å². The zero-order valence-electron chi connectivity index (χ0n) is 28.4. The summed E-state index contributed by atoms with van der Waals surface area (Å²) in [6.45, 7) is 11.7. The van der Waals surface area contributed by atoms with E-state index in [0.717, 1.165) is 96.3 Å². The minimum Gasteiger partial charge on any atom is -0.262 e. The molecule has 0 heterocycles. The molecule has 0 aromatic heterocycles. The van der Waals surface area contributed by atoms with Gasteiger partial charge in [-0.2, -0.15) is 0 Å². The lowest BCUT2D eigenvalue weighted by Crippen LogP contribution is -2.41. The van der Waals surface area contributed by atoms with Crippen LogP contribution < -0.4 is 0 Å². The highest BCUT2D eigenvalue weighted by atomic mass is 35.5. The molecule has 0 saturated heterocycles. The zero-order chi connectivity index (χ0) is 33.7. The molecule has 0 aliphatic carbocycles. The number of unbranched alkanes of at least 4 members (excludes halogenated alkanes) is 15. The van der Waals surface area contributed by atoms with Gasteiger partial charge < -0.3 is 0 Å². The van der Waals surface area contributed by atoms with Crippen LogP contribution in [0.25, 0.3) is 0 Å². The second kappa shape index (κ2) is 24.9. The second-order valence-electron chi connectivity index (χ2n) is 12.5. The maximum Gasteiger partial charge on any atom is 0.480 e. The minimum atomic E-state index is -4.59. The maximum absolute atomic E-state index is 14.8. The molecule has 0 bridgehead atoms. The molecule has 0 spiro atoms. The maximum atomic E-state index is 14.8. The molecule has 6 atom stereocenters. The average molecular weight is 768 g/mol. The summed E-state index contributed by atoms with van der Waals surface area (Å²) in [7, 11) is -4.59. The molecule has 266 valence electrons. The Kier molecular flexibility index (Phi) is 25.9. The van der Waals surface area contributed by atoms with Crippen molar-refractivity contribution >= 4 is 77.4 Å². The largest absolute Gasteiger partial charge is 0.480 e. The minimum absolute atomic E-state index is 0.342. The molecule has 0 rings (SSSR count). The van der Waals surface area contributed by atoms with E-state index in [1.807, 2.05) is 0 Å². The fourth-order valence-corrected chi connectivity index (χ4v) is 8.79. The normalized spacial score (nSPS) is 19.8. The van der Waals surface area contributed by atoms with Gasteiger partial charge in [-0.1, -0.05) is 152 Å². The lowest BCUT2D eigenvalue weighted by molar-refractivity contribution is -0.0121. The van der Waals surface area contributed by atoms with E-state index in [1.54, 1.807) is 20.8 Å². The van der Waals surface area contributed by atoms with Crippen LogP contribution in [0.1, 0.15) is 176 Å². The van der Waals surface area contributed by atoms with Crippen molar-refractivity contribution in [2.45, 2.75) is 208 Å². The lowest BCUT2D eigenvalue weighted by Gasteiger charge is -2.40. The monoisotopic (exact) mass is 764 g/mol. The Bertz CT molecular complexity index is 667. The Labute approximate surface area is 301 Å². The fraction of sp³-hybridized carbons (Fsp3) is 1.00. The summed E-state index contributed by atoms with van der Waals surface area (Å²) in [6, 6.07) is 0.